The standard InChI is InChI=1S/C57H40N4.2C2H6.CH5N/c1-7-19-41(20-8-1)51-39-53(60-55(58-51)45-23-11-3-12-24-45)43-31-35-49(36-32-43)57(47-27-15-5-16-28-47,48-29-17-6-18-30-48)50-37-33-44(34-38-50)54-40-52(42-21-9-2-10-22-42)59-56(61-54)46-25-13-4-14-26-46;3*1-2/h1-40H;2*1-2H3;2H2,1H3. The molecule has 0 bridgehead atoms. The van der Waals surface area contributed by atoms with Crippen molar-refractivity contribution in [3.8, 4) is 67.8 Å². The summed E-state index contributed by atoms with van der Waals surface area (Å²) >= 11 is 0. The summed E-state index contributed by atoms with van der Waals surface area (Å²) < 4.78 is 0. The summed E-state index contributed by atoms with van der Waals surface area (Å²) in [6, 6.07) is 84.7. The second-order valence-electron chi connectivity index (χ2n) is 15.0. The maximum absolute atomic E-state index is 5.13. The van der Waals surface area contributed by atoms with E-state index < -0.39 is 5.41 Å². The van der Waals surface area contributed by atoms with Crippen LogP contribution >= 0.6 is 0 Å². The molecule has 2 N–H and O–H groups in total. The molecule has 8 aromatic carbocycles. The Labute approximate surface area is 396 Å². The normalized spacial score (nSPS) is 10.5. The van der Waals surface area contributed by atoms with E-state index in [-0.39, 0.29) is 0 Å². The molecule has 0 saturated heterocycles. The summed E-state index contributed by atoms with van der Waals surface area (Å²) in [6.45, 7) is 8.00. The summed E-state index contributed by atoms with van der Waals surface area (Å²) in [7, 11) is 1.50. The number of aromatic nitrogens is 4. The first-order valence-electron chi connectivity index (χ1n) is 23.1. The van der Waals surface area contributed by atoms with E-state index in [9.17, 15) is 0 Å². The maximum Gasteiger partial charge on any atom is 0.160 e. The van der Waals surface area contributed by atoms with E-state index in [1.54, 1.807) is 0 Å². The van der Waals surface area contributed by atoms with Crippen LogP contribution in [0.25, 0.3) is 67.8 Å². The van der Waals surface area contributed by atoms with Crippen molar-refractivity contribution in [1.82, 2.24) is 19.9 Å². The molecule has 0 aliphatic rings. The molecule has 10 rings (SSSR count). The molecule has 5 heteroatoms. The zero-order valence-electron chi connectivity index (χ0n) is 39.0. The van der Waals surface area contributed by atoms with Crippen molar-refractivity contribution in [2.24, 2.45) is 5.73 Å². The van der Waals surface area contributed by atoms with E-state index in [0.717, 1.165) is 67.3 Å². The Balaban J connectivity index is 0.00000107. The molecule has 10 aromatic rings. The first-order valence-corrected chi connectivity index (χ1v) is 23.1. The number of hydrogen-bond donors (Lipinski definition) is 1. The van der Waals surface area contributed by atoms with Gasteiger partial charge in [-0.05, 0) is 41.4 Å². The second-order valence-corrected chi connectivity index (χ2v) is 15.0. The molecule has 0 unspecified atom stereocenters. The van der Waals surface area contributed by atoms with Crippen molar-refractivity contribution >= 4 is 0 Å². The molecule has 0 amide bonds. The highest BCUT2D eigenvalue weighted by Crippen LogP contribution is 2.46. The van der Waals surface area contributed by atoms with E-state index in [1.807, 2.05) is 100 Å². The molecule has 0 saturated carbocycles. The number of benzene rings is 8. The third-order valence-corrected chi connectivity index (χ3v) is 11.3. The fourth-order valence-corrected chi connectivity index (χ4v) is 8.29. The van der Waals surface area contributed by atoms with Crippen LogP contribution in [0.15, 0.2) is 243 Å². The molecule has 0 spiro atoms. The lowest BCUT2D eigenvalue weighted by Gasteiger charge is -2.37. The number of nitrogens with zero attached hydrogens (tertiary/aromatic N) is 4. The topological polar surface area (TPSA) is 77.6 Å². The molecule has 67 heavy (non-hydrogen) atoms. The van der Waals surface area contributed by atoms with Crippen LogP contribution in [0.5, 0.6) is 0 Å². The Kier molecular flexibility index (Phi) is 16.2. The van der Waals surface area contributed by atoms with Gasteiger partial charge in [0, 0.05) is 33.4 Å². The molecular formula is C62H57N5. The monoisotopic (exact) mass is 871 g/mol. The summed E-state index contributed by atoms with van der Waals surface area (Å²) in [5.74, 6) is 1.39. The van der Waals surface area contributed by atoms with Crippen LogP contribution in [-0.2, 0) is 5.41 Å². The molecule has 0 radical (unpaired) electrons. The minimum Gasteiger partial charge on any atom is -0.333 e. The van der Waals surface area contributed by atoms with Crippen molar-refractivity contribution < 1.29 is 0 Å². The Hall–Kier alpha value is -8.12. The smallest absolute Gasteiger partial charge is 0.160 e. The predicted octanol–water partition coefficient (Wildman–Crippen LogP) is 15.3. The van der Waals surface area contributed by atoms with Gasteiger partial charge in [-0.3, -0.25) is 0 Å². The SMILES string of the molecule is CC.CC.CN.c1ccc(-c2cc(-c3ccc(C(c4ccccc4)(c4ccccc4)c4ccc(-c5cc(-c6ccccc6)nc(-c6ccccc6)n5)cc4)cc3)nc(-c3ccccc3)n2)cc1. The lowest BCUT2D eigenvalue weighted by atomic mass is 9.65. The fraction of sp³-hybridized carbons (Fsp3) is 0.0968. The first-order chi connectivity index (χ1) is 33.2. The van der Waals surface area contributed by atoms with Crippen molar-refractivity contribution in [3.05, 3.63) is 265 Å². The van der Waals surface area contributed by atoms with Gasteiger partial charge in [0.1, 0.15) is 0 Å². The molecule has 2 aromatic heterocycles. The van der Waals surface area contributed by atoms with Gasteiger partial charge >= 0.3 is 0 Å². The van der Waals surface area contributed by atoms with Crippen molar-refractivity contribution in [1.29, 1.82) is 0 Å². The Morgan fingerprint density at radius 1 is 0.254 bits per heavy atom. The molecular weight excluding hydrogens is 815 g/mol. The van der Waals surface area contributed by atoms with E-state index >= 15 is 0 Å². The third kappa shape index (κ3) is 10.4. The van der Waals surface area contributed by atoms with Gasteiger partial charge in [0.05, 0.1) is 28.2 Å². The van der Waals surface area contributed by atoms with Gasteiger partial charge < -0.3 is 5.73 Å². The second kappa shape index (κ2) is 23.2. The van der Waals surface area contributed by atoms with E-state index in [4.69, 9.17) is 19.9 Å². The highest BCUT2D eigenvalue weighted by atomic mass is 14.9. The van der Waals surface area contributed by atoms with Crippen LogP contribution in [0.4, 0.5) is 0 Å². The number of hydrogen-bond acceptors (Lipinski definition) is 5. The molecule has 0 fully saturated rings. The van der Waals surface area contributed by atoms with Crippen molar-refractivity contribution in [2.75, 3.05) is 7.05 Å². The first kappa shape index (κ1) is 46.9. The van der Waals surface area contributed by atoms with Crippen LogP contribution in [-0.4, -0.2) is 27.0 Å². The predicted molar refractivity (Wildman–Crippen MR) is 281 cm³/mol. The van der Waals surface area contributed by atoms with Gasteiger partial charge in [-0.2, -0.15) is 0 Å². The maximum atomic E-state index is 5.13. The molecule has 0 aliphatic heterocycles. The van der Waals surface area contributed by atoms with Crippen LogP contribution in [0.1, 0.15) is 49.9 Å². The van der Waals surface area contributed by atoms with Gasteiger partial charge in [0.25, 0.3) is 0 Å². The molecule has 0 aliphatic carbocycles. The van der Waals surface area contributed by atoms with Crippen molar-refractivity contribution in [3.63, 3.8) is 0 Å². The van der Waals surface area contributed by atoms with E-state index in [2.05, 4.69) is 176 Å². The largest absolute Gasteiger partial charge is 0.333 e. The summed E-state index contributed by atoms with van der Waals surface area (Å²) in [5.41, 5.74) is 18.0. The Bertz CT molecular complexity index is 2690. The highest BCUT2D eigenvalue weighted by Gasteiger charge is 2.38. The zero-order chi connectivity index (χ0) is 46.9. The Morgan fingerprint density at radius 2 is 0.463 bits per heavy atom. The summed E-state index contributed by atoms with van der Waals surface area (Å²) in [6.07, 6.45) is 0. The van der Waals surface area contributed by atoms with Gasteiger partial charge in [-0.15, -0.1) is 0 Å². The fourth-order valence-electron chi connectivity index (χ4n) is 8.29. The summed E-state index contributed by atoms with van der Waals surface area (Å²) in [4.78, 5) is 20.3. The van der Waals surface area contributed by atoms with Gasteiger partial charge in [-0.1, -0.05) is 258 Å². The van der Waals surface area contributed by atoms with Crippen LogP contribution in [0, 0.1) is 0 Å². The van der Waals surface area contributed by atoms with Gasteiger partial charge in [-0.25, -0.2) is 19.9 Å². The minimum atomic E-state index is -0.647. The van der Waals surface area contributed by atoms with E-state index in [1.165, 1.54) is 18.2 Å². The van der Waals surface area contributed by atoms with Gasteiger partial charge in [0.15, 0.2) is 11.6 Å². The number of rotatable bonds is 10. The van der Waals surface area contributed by atoms with Crippen LogP contribution in [0.3, 0.4) is 0 Å². The van der Waals surface area contributed by atoms with Crippen molar-refractivity contribution in [2.45, 2.75) is 33.1 Å². The molecule has 0 atom stereocenters. The number of nitrogens with two attached hydrogens (primary N) is 1. The highest BCUT2D eigenvalue weighted by molar-refractivity contribution is 5.75. The third-order valence-electron chi connectivity index (χ3n) is 11.3. The zero-order valence-corrected chi connectivity index (χ0v) is 39.0. The lowest BCUT2D eigenvalue weighted by molar-refractivity contribution is 0.745. The van der Waals surface area contributed by atoms with E-state index in [0.29, 0.717) is 11.6 Å². The molecule has 5 nitrogen and oxygen atoms in total. The molecule has 330 valence electrons. The average Bonchev–Trinajstić information content (AvgIpc) is 3.44. The lowest BCUT2D eigenvalue weighted by Crippen LogP contribution is -2.31. The summed E-state index contributed by atoms with van der Waals surface area (Å²) in [5, 5.41) is 0. The Morgan fingerprint density at radius 3 is 0.731 bits per heavy atom. The quantitative estimate of drug-likeness (QED) is 0.139. The van der Waals surface area contributed by atoms with Crippen LogP contribution in [0.2, 0.25) is 0 Å². The van der Waals surface area contributed by atoms with Crippen LogP contribution < -0.4 is 5.73 Å². The molecule has 2 heterocycles. The minimum absolute atomic E-state index is 0.647. The average molecular weight is 872 g/mol. The van der Waals surface area contributed by atoms with Gasteiger partial charge in [0.2, 0.25) is 0 Å².